The van der Waals surface area contributed by atoms with E-state index in [1.165, 1.54) is 12.1 Å². The summed E-state index contributed by atoms with van der Waals surface area (Å²) in [4.78, 5) is 20.8. The van der Waals surface area contributed by atoms with Gasteiger partial charge in [0.2, 0.25) is 0 Å². The van der Waals surface area contributed by atoms with Crippen LogP contribution in [0.1, 0.15) is 29.3 Å². The Morgan fingerprint density at radius 1 is 1.60 bits per heavy atom. The number of carboxylic acids is 1. The Hall–Kier alpha value is -1.91. The summed E-state index contributed by atoms with van der Waals surface area (Å²) in [5, 5.41) is 19.5. The first-order chi connectivity index (χ1) is 7.07. The summed E-state index contributed by atoms with van der Waals surface area (Å²) in [6.07, 6.45) is 2.28. The predicted molar refractivity (Wildman–Crippen MR) is 53.7 cm³/mol. The van der Waals surface area contributed by atoms with E-state index in [0.29, 0.717) is 12.0 Å². The lowest BCUT2D eigenvalue weighted by Crippen LogP contribution is -2.06. The topological polar surface area (TPSA) is 80.4 Å². The van der Waals surface area contributed by atoms with Gasteiger partial charge < -0.3 is 5.11 Å². The summed E-state index contributed by atoms with van der Waals surface area (Å²) in [7, 11) is 0. The molecule has 0 bridgehead atoms. The van der Waals surface area contributed by atoms with Crippen molar-refractivity contribution in [3.05, 3.63) is 45.9 Å². The largest absolute Gasteiger partial charge is 0.477 e. The van der Waals surface area contributed by atoms with Crippen LogP contribution in [0.15, 0.2) is 18.2 Å². The van der Waals surface area contributed by atoms with Gasteiger partial charge in [-0.1, -0.05) is 19.1 Å². The van der Waals surface area contributed by atoms with Gasteiger partial charge >= 0.3 is 5.97 Å². The van der Waals surface area contributed by atoms with Crippen LogP contribution in [0.2, 0.25) is 0 Å². The van der Waals surface area contributed by atoms with Crippen LogP contribution in [0.25, 0.3) is 0 Å². The predicted octanol–water partition coefficient (Wildman–Crippen LogP) is 2.26. The lowest BCUT2D eigenvalue weighted by molar-refractivity contribution is -0.385. The fourth-order valence-corrected chi connectivity index (χ4v) is 1.33. The van der Waals surface area contributed by atoms with E-state index >= 15 is 0 Å². The number of hydrogen-bond donors (Lipinski definition) is 1. The molecule has 0 fully saturated rings. The van der Waals surface area contributed by atoms with Gasteiger partial charge in [-0.3, -0.25) is 10.1 Å². The zero-order valence-electron chi connectivity index (χ0n) is 8.14. The van der Waals surface area contributed by atoms with Gasteiger partial charge in [-0.15, -0.1) is 0 Å². The van der Waals surface area contributed by atoms with Crippen LogP contribution < -0.4 is 0 Å². The zero-order valence-corrected chi connectivity index (χ0v) is 8.14. The number of hydrogen-bond acceptors (Lipinski definition) is 3. The number of benzene rings is 1. The molecular weight excluding hydrogens is 198 g/mol. The highest BCUT2D eigenvalue weighted by Crippen LogP contribution is 2.24. The van der Waals surface area contributed by atoms with E-state index in [1.54, 1.807) is 12.5 Å². The van der Waals surface area contributed by atoms with Crippen LogP contribution in [-0.2, 0) is 0 Å². The molecule has 5 nitrogen and oxygen atoms in total. The lowest BCUT2D eigenvalue weighted by atomic mass is 10.0. The second kappa shape index (κ2) is 4.54. The number of nitro groups is 1. The van der Waals surface area contributed by atoms with Crippen LogP contribution in [0.5, 0.6) is 0 Å². The van der Waals surface area contributed by atoms with E-state index in [9.17, 15) is 14.9 Å². The van der Waals surface area contributed by atoms with Crippen molar-refractivity contribution < 1.29 is 14.8 Å². The number of nitrogens with zero attached hydrogens (tertiary/aromatic N) is 1. The molecule has 0 aliphatic rings. The van der Waals surface area contributed by atoms with Gasteiger partial charge in [-0.2, -0.15) is 0 Å². The van der Waals surface area contributed by atoms with Crippen LogP contribution >= 0.6 is 0 Å². The Kier molecular flexibility index (Phi) is 3.38. The summed E-state index contributed by atoms with van der Waals surface area (Å²) in [5.74, 6) is -1.28. The molecule has 0 aromatic heterocycles. The molecule has 1 rings (SSSR count). The zero-order chi connectivity index (χ0) is 11.4. The minimum Gasteiger partial charge on any atom is -0.477 e. The third kappa shape index (κ3) is 2.31. The van der Waals surface area contributed by atoms with E-state index in [-0.39, 0.29) is 11.3 Å². The maximum Gasteiger partial charge on any atom is 0.343 e. The third-order valence-corrected chi connectivity index (χ3v) is 1.91. The molecule has 79 valence electrons. The first kappa shape index (κ1) is 11.2. The summed E-state index contributed by atoms with van der Waals surface area (Å²) in [5.41, 5.74) is -0.228. The van der Waals surface area contributed by atoms with Crippen molar-refractivity contribution in [2.45, 2.75) is 13.3 Å². The van der Waals surface area contributed by atoms with E-state index < -0.39 is 10.9 Å². The van der Waals surface area contributed by atoms with Crippen molar-refractivity contribution >= 4 is 11.7 Å². The van der Waals surface area contributed by atoms with E-state index in [1.807, 2.05) is 6.92 Å². The Bertz CT molecular complexity index is 400. The van der Waals surface area contributed by atoms with E-state index in [4.69, 9.17) is 5.11 Å². The maximum atomic E-state index is 10.9. The minimum absolute atomic E-state index is 0.246. The van der Waals surface area contributed by atoms with Gasteiger partial charge in [-0.05, 0) is 18.4 Å². The minimum atomic E-state index is -1.28. The Morgan fingerprint density at radius 2 is 2.27 bits per heavy atom. The summed E-state index contributed by atoms with van der Waals surface area (Å²) >= 11 is 0. The van der Waals surface area contributed by atoms with Crippen LogP contribution in [0.4, 0.5) is 5.69 Å². The van der Waals surface area contributed by atoms with Crippen molar-refractivity contribution in [2.75, 3.05) is 0 Å². The van der Waals surface area contributed by atoms with Gasteiger partial charge in [0.1, 0.15) is 5.56 Å². The van der Waals surface area contributed by atoms with Crippen molar-refractivity contribution in [2.24, 2.45) is 0 Å². The number of rotatable bonds is 4. The molecule has 0 amide bonds. The van der Waals surface area contributed by atoms with Gasteiger partial charge in [0, 0.05) is 6.07 Å². The second-order valence-electron chi connectivity index (χ2n) is 2.92. The molecule has 0 unspecified atom stereocenters. The summed E-state index contributed by atoms with van der Waals surface area (Å²) < 4.78 is 0. The average Bonchev–Trinajstić information content (AvgIpc) is 2.17. The fraction of sp³-hybridized carbons (Fsp3) is 0.200. The quantitative estimate of drug-likeness (QED) is 0.607. The number of aromatic carboxylic acids is 1. The molecule has 0 saturated carbocycles. The van der Waals surface area contributed by atoms with Gasteiger partial charge in [0.05, 0.1) is 4.92 Å². The highest BCUT2D eigenvalue weighted by Gasteiger charge is 2.22. The number of carboxylic acid groups (broad SMARTS) is 1. The lowest BCUT2D eigenvalue weighted by Gasteiger charge is -2.04. The molecule has 1 radical (unpaired) electrons. The molecule has 1 N–H and O–H groups in total. The molecule has 0 heterocycles. The van der Waals surface area contributed by atoms with Gasteiger partial charge in [0.15, 0.2) is 0 Å². The molecule has 0 atom stereocenters. The average molecular weight is 208 g/mol. The monoisotopic (exact) mass is 208 g/mol. The third-order valence-electron chi connectivity index (χ3n) is 1.91. The Morgan fingerprint density at radius 3 is 2.73 bits per heavy atom. The molecule has 15 heavy (non-hydrogen) atoms. The highest BCUT2D eigenvalue weighted by molar-refractivity contribution is 5.94. The van der Waals surface area contributed by atoms with E-state index in [0.717, 1.165) is 0 Å². The maximum absolute atomic E-state index is 10.9. The number of carbonyl (C=O) groups is 1. The highest BCUT2D eigenvalue weighted by atomic mass is 16.6. The summed E-state index contributed by atoms with van der Waals surface area (Å²) in [6.45, 7) is 1.84. The number of nitro benzene ring substituents is 1. The van der Waals surface area contributed by atoms with Crippen molar-refractivity contribution in [1.82, 2.24) is 0 Å². The van der Waals surface area contributed by atoms with Gasteiger partial charge in [-0.25, -0.2) is 4.79 Å². The normalized spacial score (nSPS) is 9.93. The first-order valence-corrected chi connectivity index (χ1v) is 4.41. The van der Waals surface area contributed by atoms with Crippen molar-refractivity contribution in [3.8, 4) is 0 Å². The molecule has 0 aliphatic heterocycles. The smallest absolute Gasteiger partial charge is 0.343 e. The van der Waals surface area contributed by atoms with Crippen molar-refractivity contribution in [1.29, 1.82) is 0 Å². The van der Waals surface area contributed by atoms with Crippen LogP contribution in [0, 0.1) is 16.5 Å². The first-order valence-electron chi connectivity index (χ1n) is 4.41. The summed E-state index contributed by atoms with van der Waals surface area (Å²) in [6, 6.07) is 4.22. The fourth-order valence-electron chi connectivity index (χ4n) is 1.33. The SMILES string of the molecule is CC[CH]c1cccc([N+](=O)[O-])c1C(=O)O. The Labute approximate surface area is 86.5 Å². The molecule has 1 aromatic rings. The molecule has 0 aliphatic carbocycles. The van der Waals surface area contributed by atoms with Gasteiger partial charge in [0.25, 0.3) is 5.69 Å². The second-order valence-corrected chi connectivity index (χ2v) is 2.92. The van der Waals surface area contributed by atoms with Crippen molar-refractivity contribution in [3.63, 3.8) is 0 Å². The Balaban J connectivity index is 3.34. The molecule has 1 aromatic carbocycles. The van der Waals surface area contributed by atoms with Crippen LogP contribution in [-0.4, -0.2) is 16.0 Å². The molecule has 5 heteroatoms. The molecular formula is C10H10NO4. The standard InChI is InChI=1S/C10H10NO4/c1-2-4-7-5-3-6-8(11(14)15)9(7)10(12)13/h3-6H,2H2,1H3,(H,12,13). The van der Waals surface area contributed by atoms with E-state index in [2.05, 4.69) is 0 Å². The molecule has 0 spiro atoms. The van der Waals surface area contributed by atoms with Crippen LogP contribution in [0.3, 0.4) is 0 Å². The molecule has 0 saturated heterocycles.